The predicted molar refractivity (Wildman–Crippen MR) is 270 cm³/mol. The first-order chi connectivity index (χ1) is 35.4. The number of benzene rings is 2. The van der Waals surface area contributed by atoms with Crippen molar-refractivity contribution in [2.24, 2.45) is 11.8 Å². The number of H-pyrrole nitrogens is 2. The van der Waals surface area contributed by atoms with Crippen molar-refractivity contribution < 1.29 is 46.6 Å². The predicted octanol–water partition coefficient (Wildman–Crippen LogP) is 10.6. The number of carbonyl (C=O) groups excluding carboxylic acids is 4. The molecule has 1 aliphatic carbocycles. The number of aryl methyl sites for hydroxylation is 1. The van der Waals surface area contributed by atoms with Gasteiger partial charge in [-0.05, 0) is 93.2 Å². The van der Waals surface area contributed by atoms with Crippen molar-refractivity contribution in [3.63, 3.8) is 0 Å². The highest BCUT2D eigenvalue weighted by Gasteiger charge is 2.45. The Hall–Kier alpha value is -6.90. The van der Waals surface area contributed by atoms with Crippen molar-refractivity contribution in [2.45, 2.75) is 128 Å². The molecule has 1 unspecified atom stereocenters. The average molecular weight is 1040 g/mol. The summed E-state index contributed by atoms with van der Waals surface area (Å²) in [6, 6.07) is 9.26. The van der Waals surface area contributed by atoms with Gasteiger partial charge in [0.15, 0.2) is 5.69 Å². The molecule has 2 aromatic carbocycles. The first-order valence-electron chi connectivity index (χ1n) is 25.4. The fourth-order valence-electron chi connectivity index (χ4n) is 11.3. The number of alkyl halides is 3. The van der Waals surface area contributed by atoms with Gasteiger partial charge in [-0.25, -0.2) is 24.5 Å². The van der Waals surface area contributed by atoms with Gasteiger partial charge in [0.1, 0.15) is 29.5 Å². The zero-order valence-electron chi connectivity index (χ0n) is 42.4. The number of rotatable bonds is 12. The van der Waals surface area contributed by atoms with Gasteiger partial charge in [-0.3, -0.25) is 14.2 Å². The number of nitrogens with one attached hydrogen (secondary N) is 4. The Kier molecular flexibility index (Phi) is 13.7. The van der Waals surface area contributed by atoms with Gasteiger partial charge in [0.05, 0.1) is 71.2 Å². The number of hydrogen-bond donors (Lipinski definition) is 4. The molecule has 4 N–H and O–H groups in total. The molecular weight excluding hydrogens is 978 g/mol. The lowest BCUT2D eigenvalue weighted by molar-refractivity contribution is -0.142. The Morgan fingerprint density at radius 1 is 0.770 bits per heavy atom. The summed E-state index contributed by atoms with van der Waals surface area (Å²) in [4.78, 5) is 76.3. The maximum absolute atomic E-state index is 15.3. The number of nitrogens with zero attached hydrogens (tertiary/aromatic N) is 6. The van der Waals surface area contributed by atoms with E-state index in [1.54, 1.807) is 22.2 Å². The number of halogens is 3. The molecule has 4 aromatic heterocycles. The second-order valence-electron chi connectivity index (χ2n) is 20.5. The van der Waals surface area contributed by atoms with Crippen molar-refractivity contribution in [2.75, 3.05) is 27.3 Å². The van der Waals surface area contributed by atoms with E-state index < -0.39 is 42.4 Å². The van der Waals surface area contributed by atoms with Gasteiger partial charge in [0.25, 0.3) is 0 Å². The quantitative estimate of drug-likeness (QED) is 0.0914. The summed E-state index contributed by atoms with van der Waals surface area (Å²) in [7, 11) is 2.51. The van der Waals surface area contributed by atoms with Crippen LogP contribution in [0.25, 0.3) is 44.7 Å². The van der Waals surface area contributed by atoms with Crippen LogP contribution in [0.3, 0.4) is 0 Å². The van der Waals surface area contributed by atoms with Gasteiger partial charge in [-0.15, -0.1) is 11.3 Å². The molecule has 10 rings (SSSR count). The van der Waals surface area contributed by atoms with Crippen molar-refractivity contribution in [3.05, 3.63) is 81.6 Å². The molecule has 1 saturated carbocycles. The van der Waals surface area contributed by atoms with E-state index >= 15 is 13.2 Å². The number of amides is 4. The van der Waals surface area contributed by atoms with Crippen LogP contribution in [0, 0.1) is 18.8 Å². The van der Waals surface area contributed by atoms with Crippen LogP contribution in [-0.4, -0.2) is 103 Å². The number of methoxy groups -OCH3 is 2. The number of thiazole rings is 1. The van der Waals surface area contributed by atoms with E-state index in [2.05, 4.69) is 25.6 Å². The molecule has 0 radical (unpaired) electrons. The number of aromatic nitrogens is 6. The molecule has 4 amide bonds. The molecular formula is C53H61F3N10O7S. The van der Waals surface area contributed by atoms with E-state index in [1.807, 2.05) is 75.6 Å². The Balaban J connectivity index is 1.02. The minimum absolute atomic E-state index is 0.0255. The number of carbonyl (C=O) groups is 4. The number of alkyl carbamates (subject to hydrolysis) is 2. The molecule has 21 heteroatoms. The van der Waals surface area contributed by atoms with Crippen molar-refractivity contribution >= 4 is 46.2 Å². The van der Waals surface area contributed by atoms with E-state index in [0.29, 0.717) is 76.5 Å². The van der Waals surface area contributed by atoms with Gasteiger partial charge >= 0.3 is 18.4 Å². The minimum Gasteiger partial charge on any atom is -0.464 e. The normalized spacial score (nSPS) is 19.7. The second kappa shape index (κ2) is 20.1. The van der Waals surface area contributed by atoms with Gasteiger partial charge in [0.2, 0.25) is 18.0 Å². The highest BCUT2D eigenvalue weighted by molar-refractivity contribution is 7.12. The largest absolute Gasteiger partial charge is 0.464 e. The number of ether oxygens (including phenoxy) is 3. The molecule has 0 bridgehead atoms. The monoisotopic (exact) mass is 1040 g/mol. The zero-order valence-corrected chi connectivity index (χ0v) is 43.2. The summed E-state index contributed by atoms with van der Waals surface area (Å²) in [6.07, 6.45) is 2.30. The molecule has 2 saturated heterocycles. The molecule has 392 valence electrons. The van der Waals surface area contributed by atoms with Gasteiger partial charge in [-0.2, -0.15) is 13.2 Å². The number of aromatic amines is 2. The smallest absolute Gasteiger partial charge is 0.434 e. The fourth-order valence-corrected chi connectivity index (χ4v) is 12.6. The van der Waals surface area contributed by atoms with E-state index in [9.17, 15) is 19.2 Å². The molecule has 0 spiro atoms. The molecule has 3 aliphatic heterocycles. The lowest BCUT2D eigenvalue weighted by Gasteiger charge is -2.31. The zero-order chi connectivity index (χ0) is 52.3. The number of imidazole rings is 2. The summed E-state index contributed by atoms with van der Waals surface area (Å²) in [5.41, 5.74) is 4.71. The van der Waals surface area contributed by atoms with Crippen LogP contribution in [-0.2, 0) is 25.2 Å². The van der Waals surface area contributed by atoms with E-state index in [0.717, 1.165) is 71.9 Å². The Labute approximate surface area is 430 Å². The van der Waals surface area contributed by atoms with Gasteiger partial charge in [0, 0.05) is 41.1 Å². The number of hydrogen-bond acceptors (Lipinski definition) is 11. The van der Waals surface area contributed by atoms with Crippen LogP contribution in [0.4, 0.5) is 22.8 Å². The molecule has 3 fully saturated rings. The lowest BCUT2D eigenvalue weighted by Crippen LogP contribution is -2.51. The molecule has 5 atom stereocenters. The van der Waals surface area contributed by atoms with E-state index in [-0.39, 0.29) is 46.5 Å². The van der Waals surface area contributed by atoms with Gasteiger partial charge in [-0.1, -0.05) is 46.6 Å². The summed E-state index contributed by atoms with van der Waals surface area (Å²) in [5.74, 6) is 0.651. The molecule has 4 aliphatic rings. The molecule has 7 heterocycles. The van der Waals surface area contributed by atoms with Crippen LogP contribution >= 0.6 is 11.3 Å². The molecule has 74 heavy (non-hydrogen) atoms. The first kappa shape index (κ1) is 50.6. The Bertz CT molecular complexity index is 3120. The third kappa shape index (κ3) is 9.35. The standard InChI is InChI=1S/C53H61F3N10O7S/c1-26(2)41(61-51(69)71-6)48(67)64-18-10-14-36(64)45-57-24-33(59-45)30-16-17-35-32(21-30)22-38-40-28(5)20-31(34-25-58-46(60-34)37-15-11-19-65(37)49(68)42(27(3)4)62-52(70)72-7)23-39(40)73-50(66(35)38)43-44(53(54,55)56)63-47(74-43)29-12-8-9-13-29/h16-17,20-27,29,36-37,41-42,50H,8-15,18-19H2,1-7H3,(H,57,59)(H,58,60)(H,61,69)(H,62,70)/t36-,37-,41-,42-,50?/m0/s1. The highest BCUT2D eigenvalue weighted by atomic mass is 32.1. The maximum Gasteiger partial charge on any atom is 0.434 e. The van der Waals surface area contributed by atoms with Crippen LogP contribution in [0.1, 0.15) is 136 Å². The van der Waals surface area contributed by atoms with Crippen LogP contribution < -0.4 is 15.4 Å². The molecule has 17 nitrogen and oxygen atoms in total. The van der Waals surface area contributed by atoms with E-state index in [1.165, 1.54) is 14.2 Å². The van der Waals surface area contributed by atoms with Crippen LogP contribution in [0.15, 0.2) is 48.8 Å². The summed E-state index contributed by atoms with van der Waals surface area (Å²) < 4.78 is 64.1. The minimum atomic E-state index is -4.75. The third-order valence-corrected chi connectivity index (χ3v) is 16.3. The number of likely N-dealkylation sites (tertiary alicyclic amines) is 2. The van der Waals surface area contributed by atoms with Gasteiger partial charge < -0.3 is 44.6 Å². The SMILES string of the molecule is COC(=O)N[C@H](C(=O)N1CCC[C@H]1c1ncc(-c2cc(C)c3c(c2)OC(c2sc(C4CCCC4)nc2C(F)(F)F)n2c-3cc3cc(-c4cnc([C@@H]5CCCN5C(=O)[C@@H](NC(=O)OC)C(C)C)[nH]4)ccc32)[nH]1)C(C)C. The van der Waals surface area contributed by atoms with Crippen LogP contribution in [0.2, 0.25) is 0 Å². The van der Waals surface area contributed by atoms with Crippen molar-refractivity contribution in [1.82, 2.24) is 49.9 Å². The Morgan fingerprint density at radius 3 is 1.88 bits per heavy atom. The highest BCUT2D eigenvalue weighted by Crippen LogP contribution is 2.52. The summed E-state index contributed by atoms with van der Waals surface area (Å²) in [5, 5.41) is 6.59. The van der Waals surface area contributed by atoms with Crippen molar-refractivity contribution in [3.8, 4) is 39.5 Å². The molecule has 6 aromatic rings. The third-order valence-electron chi connectivity index (χ3n) is 15.0. The fraction of sp³-hybridized carbons (Fsp3) is 0.491. The average Bonchev–Trinajstić information content (AvgIpc) is 4.22. The summed E-state index contributed by atoms with van der Waals surface area (Å²) in [6.45, 7) is 10.4. The maximum atomic E-state index is 15.3. The second-order valence-corrected chi connectivity index (χ2v) is 21.6. The number of fused-ring (bicyclic) bond motifs is 5. The first-order valence-corrected chi connectivity index (χ1v) is 26.2. The van der Waals surface area contributed by atoms with E-state index in [4.69, 9.17) is 24.2 Å². The lowest BCUT2D eigenvalue weighted by atomic mass is 9.98. The topological polar surface area (TPSA) is 202 Å². The van der Waals surface area contributed by atoms with Crippen LogP contribution in [0.5, 0.6) is 5.75 Å². The summed E-state index contributed by atoms with van der Waals surface area (Å²) >= 11 is 1.07. The Morgan fingerprint density at radius 2 is 1.34 bits per heavy atom. The van der Waals surface area contributed by atoms with Crippen molar-refractivity contribution in [1.29, 1.82) is 0 Å².